The monoisotopic (exact) mass is 585 g/mol. The first-order valence-electron chi connectivity index (χ1n) is 15.8. The van der Waals surface area contributed by atoms with Gasteiger partial charge in [0.25, 0.3) is 0 Å². The minimum atomic E-state index is 0.918. The molecular formula is C44H27NO. The molecule has 0 fully saturated rings. The van der Waals surface area contributed by atoms with Crippen LogP contribution in [-0.4, -0.2) is 4.57 Å². The topological polar surface area (TPSA) is 18.1 Å². The Labute approximate surface area is 265 Å². The predicted octanol–water partition coefficient (Wildman–Crippen LogP) is 12.3. The Morgan fingerprint density at radius 3 is 1.87 bits per heavy atom. The summed E-state index contributed by atoms with van der Waals surface area (Å²) in [5.74, 6) is 0. The molecule has 2 aromatic heterocycles. The minimum Gasteiger partial charge on any atom is -0.455 e. The maximum Gasteiger partial charge on any atom is 0.143 e. The van der Waals surface area contributed by atoms with Gasteiger partial charge in [0.05, 0.1) is 11.0 Å². The molecule has 0 bridgehead atoms. The SMILES string of the molecule is c1cc(-c2c3ccccc3cc3ccccc23)cc(-n2c3ccccc3c3cc(-c4cccc5c4oc4ccccc45)ccc32)c1. The van der Waals surface area contributed by atoms with Gasteiger partial charge in [0, 0.05) is 32.8 Å². The van der Waals surface area contributed by atoms with Crippen molar-refractivity contribution in [3.63, 3.8) is 0 Å². The molecular weight excluding hydrogens is 558 g/mol. The van der Waals surface area contributed by atoms with Crippen molar-refractivity contribution in [2.24, 2.45) is 0 Å². The highest BCUT2D eigenvalue weighted by Gasteiger charge is 2.17. The summed E-state index contributed by atoms with van der Waals surface area (Å²) in [5.41, 5.74) is 10.1. The average molecular weight is 586 g/mol. The normalized spacial score (nSPS) is 11.9. The molecule has 214 valence electrons. The van der Waals surface area contributed by atoms with E-state index in [0.29, 0.717) is 0 Å². The van der Waals surface area contributed by atoms with Gasteiger partial charge in [-0.25, -0.2) is 0 Å². The van der Waals surface area contributed by atoms with Crippen molar-refractivity contribution in [3.8, 4) is 27.9 Å². The fourth-order valence-corrected chi connectivity index (χ4v) is 7.52. The Morgan fingerprint density at radius 2 is 1.04 bits per heavy atom. The van der Waals surface area contributed by atoms with E-state index >= 15 is 0 Å². The minimum absolute atomic E-state index is 0.918. The van der Waals surface area contributed by atoms with Gasteiger partial charge < -0.3 is 8.98 Å². The van der Waals surface area contributed by atoms with E-state index in [1.54, 1.807) is 0 Å². The average Bonchev–Trinajstić information content (AvgIpc) is 3.66. The lowest BCUT2D eigenvalue weighted by atomic mass is 9.92. The van der Waals surface area contributed by atoms with E-state index in [-0.39, 0.29) is 0 Å². The van der Waals surface area contributed by atoms with Gasteiger partial charge in [-0.15, -0.1) is 0 Å². The van der Waals surface area contributed by atoms with Crippen molar-refractivity contribution in [1.82, 2.24) is 4.57 Å². The van der Waals surface area contributed by atoms with Crippen molar-refractivity contribution in [1.29, 1.82) is 0 Å². The molecule has 2 heterocycles. The summed E-state index contributed by atoms with van der Waals surface area (Å²) in [5, 5.41) is 9.80. The third kappa shape index (κ3) is 3.65. The first-order chi connectivity index (χ1) is 22.8. The first-order valence-corrected chi connectivity index (χ1v) is 15.8. The molecule has 0 aliphatic heterocycles. The number of aromatic nitrogens is 1. The van der Waals surface area contributed by atoms with Crippen LogP contribution in [0.3, 0.4) is 0 Å². The second kappa shape index (κ2) is 9.69. The molecule has 10 aromatic rings. The van der Waals surface area contributed by atoms with Crippen LogP contribution in [-0.2, 0) is 0 Å². The van der Waals surface area contributed by atoms with Crippen LogP contribution in [0.1, 0.15) is 0 Å². The van der Waals surface area contributed by atoms with Crippen molar-refractivity contribution >= 4 is 65.3 Å². The summed E-state index contributed by atoms with van der Waals surface area (Å²) >= 11 is 0. The molecule has 2 nitrogen and oxygen atoms in total. The molecule has 0 aliphatic rings. The van der Waals surface area contributed by atoms with E-state index in [2.05, 4.69) is 156 Å². The number of fused-ring (bicyclic) bond motifs is 8. The van der Waals surface area contributed by atoms with Crippen molar-refractivity contribution in [2.45, 2.75) is 0 Å². The summed E-state index contributed by atoms with van der Waals surface area (Å²) in [4.78, 5) is 0. The van der Waals surface area contributed by atoms with Crippen molar-refractivity contribution < 1.29 is 4.42 Å². The van der Waals surface area contributed by atoms with Crippen LogP contribution < -0.4 is 0 Å². The summed E-state index contributed by atoms with van der Waals surface area (Å²) in [6.45, 7) is 0. The van der Waals surface area contributed by atoms with E-state index in [0.717, 1.165) is 38.8 Å². The van der Waals surface area contributed by atoms with Crippen LogP contribution in [0, 0.1) is 0 Å². The highest BCUT2D eigenvalue weighted by Crippen LogP contribution is 2.41. The summed E-state index contributed by atoms with van der Waals surface area (Å²) in [7, 11) is 0. The van der Waals surface area contributed by atoms with E-state index in [1.807, 2.05) is 12.1 Å². The molecule has 0 N–H and O–H groups in total. The number of furan rings is 1. The Bertz CT molecular complexity index is 2760. The zero-order valence-corrected chi connectivity index (χ0v) is 24.9. The third-order valence-electron chi connectivity index (χ3n) is 9.55. The number of rotatable bonds is 3. The molecule has 0 amide bonds. The smallest absolute Gasteiger partial charge is 0.143 e. The fourth-order valence-electron chi connectivity index (χ4n) is 7.52. The number of hydrogen-bond donors (Lipinski definition) is 0. The molecule has 0 atom stereocenters. The van der Waals surface area contributed by atoms with Gasteiger partial charge in [-0.2, -0.15) is 0 Å². The number of hydrogen-bond acceptors (Lipinski definition) is 1. The summed E-state index contributed by atoms with van der Waals surface area (Å²) in [6.07, 6.45) is 0. The molecule has 10 rings (SSSR count). The van der Waals surface area contributed by atoms with E-state index in [9.17, 15) is 0 Å². The van der Waals surface area contributed by atoms with E-state index in [1.165, 1.54) is 54.5 Å². The highest BCUT2D eigenvalue weighted by atomic mass is 16.3. The van der Waals surface area contributed by atoms with Crippen LogP contribution in [0.5, 0.6) is 0 Å². The lowest BCUT2D eigenvalue weighted by Gasteiger charge is -2.14. The zero-order chi connectivity index (χ0) is 30.2. The van der Waals surface area contributed by atoms with Crippen LogP contribution >= 0.6 is 0 Å². The van der Waals surface area contributed by atoms with Crippen LogP contribution in [0.4, 0.5) is 0 Å². The van der Waals surface area contributed by atoms with Crippen LogP contribution in [0.2, 0.25) is 0 Å². The molecule has 0 saturated heterocycles. The molecule has 0 unspecified atom stereocenters. The number of para-hydroxylation sites is 3. The summed E-state index contributed by atoms with van der Waals surface area (Å²) < 4.78 is 8.83. The molecule has 0 spiro atoms. The van der Waals surface area contributed by atoms with Gasteiger partial charge >= 0.3 is 0 Å². The largest absolute Gasteiger partial charge is 0.455 e. The van der Waals surface area contributed by atoms with Crippen LogP contribution in [0.15, 0.2) is 168 Å². The Kier molecular flexibility index (Phi) is 5.31. The van der Waals surface area contributed by atoms with Gasteiger partial charge in [-0.1, -0.05) is 121 Å². The quantitative estimate of drug-likeness (QED) is 0.189. The van der Waals surface area contributed by atoms with Crippen molar-refractivity contribution in [2.75, 3.05) is 0 Å². The highest BCUT2D eigenvalue weighted by molar-refractivity contribution is 6.15. The lowest BCUT2D eigenvalue weighted by molar-refractivity contribution is 0.670. The maximum atomic E-state index is 6.42. The second-order valence-electron chi connectivity index (χ2n) is 12.1. The third-order valence-corrected chi connectivity index (χ3v) is 9.55. The molecule has 0 aliphatic carbocycles. The number of nitrogens with zero attached hydrogens (tertiary/aromatic N) is 1. The number of benzene rings is 8. The molecule has 8 aromatic carbocycles. The first kappa shape index (κ1) is 25.2. The van der Waals surface area contributed by atoms with E-state index < -0.39 is 0 Å². The van der Waals surface area contributed by atoms with Gasteiger partial charge in [-0.3, -0.25) is 0 Å². The van der Waals surface area contributed by atoms with Gasteiger partial charge in [0.1, 0.15) is 11.2 Å². The van der Waals surface area contributed by atoms with Gasteiger partial charge in [0.2, 0.25) is 0 Å². The van der Waals surface area contributed by atoms with E-state index in [4.69, 9.17) is 4.42 Å². The maximum absolute atomic E-state index is 6.42. The van der Waals surface area contributed by atoms with Crippen LogP contribution in [0.25, 0.3) is 93.2 Å². The fraction of sp³-hybridized carbons (Fsp3) is 0. The van der Waals surface area contributed by atoms with Gasteiger partial charge in [-0.05, 0) is 80.7 Å². The Morgan fingerprint density at radius 1 is 0.391 bits per heavy atom. The Balaban J connectivity index is 1.20. The summed E-state index contributed by atoms with van der Waals surface area (Å²) in [6, 6.07) is 59.1. The Hall–Kier alpha value is -6.12. The second-order valence-corrected chi connectivity index (χ2v) is 12.1. The molecule has 0 saturated carbocycles. The molecule has 46 heavy (non-hydrogen) atoms. The molecule has 2 heteroatoms. The lowest BCUT2D eigenvalue weighted by Crippen LogP contribution is -1.95. The van der Waals surface area contributed by atoms with Crippen molar-refractivity contribution in [3.05, 3.63) is 164 Å². The van der Waals surface area contributed by atoms with Gasteiger partial charge in [0.15, 0.2) is 0 Å². The standard InChI is InChI=1S/C44H27NO/c1-3-15-33-28(11-1)25-29-12-2-4-16-34(29)43(33)31-13-9-14-32(26-31)45-40-21-7-5-17-36(40)39-27-30(23-24-41(39)45)35-19-10-20-38-37-18-6-8-22-42(37)46-44(35)38/h1-27H. The zero-order valence-electron chi connectivity index (χ0n) is 24.9. The predicted molar refractivity (Wildman–Crippen MR) is 194 cm³/mol. The molecule has 0 radical (unpaired) electrons.